The van der Waals surface area contributed by atoms with Crippen molar-refractivity contribution in [3.63, 3.8) is 0 Å². The number of hydrogen-bond acceptors (Lipinski definition) is 4. The average Bonchev–Trinajstić information content (AvgIpc) is 2.42. The van der Waals surface area contributed by atoms with Gasteiger partial charge in [-0.25, -0.2) is 9.97 Å². The van der Waals surface area contributed by atoms with E-state index in [1.807, 2.05) is 52.8 Å². The maximum absolute atomic E-state index is 12.1. The standard InChI is InChI=1S/C17H22N4O/c1-10(2)18-16(22)14-9-13(5)19-17(20-14)21-15-11(3)7-6-8-12(15)4/h6-10H,1-5H3,(H,18,22)(H,19,20,21). The number of amides is 1. The molecule has 0 aliphatic carbocycles. The van der Waals surface area contributed by atoms with E-state index < -0.39 is 0 Å². The number of hydrogen-bond donors (Lipinski definition) is 2. The SMILES string of the molecule is Cc1cc(C(=O)NC(C)C)nc(Nc2c(C)cccc2C)n1. The van der Waals surface area contributed by atoms with Gasteiger partial charge >= 0.3 is 0 Å². The molecule has 2 rings (SSSR count). The fourth-order valence-electron chi connectivity index (χ4n) is 2.20. The summed E-state index contributed by atoms with van der Waals surface area (Å²) in [6, 6.07) is 7.81. The highest BCUT2D eigenvalue weighted by Crippen LogP contribution is 2.22. The third-order valence-corrected chi connectivity index (χ3v) is 3.22. The van der Waals surface area contributed by atoms with Crippen LogP contribution < -0.4 is 10.6 Å². The summed E-state index contributed by atoms with van der Waals surface area (Å²) in [5, 5.41) is 6.07. The number of benzene rings is 1. The minimum absolute atomic E-state index is 0.0674. The molecule has 1 aromatic carbocycles. The lowest BCUT2D eigenvalue weighted by Gasteiger charge is -2.13. The minimum atomic E-state index is -0.190. The molecule has 5 nitrogen and oxygen atoms in total. The number of nitrogens with zero attached hydrogens (tertiary/aromatic N) is 2. The molecule has 0 fully saturated rings. The average molecular weight is 298 g/mol. The maximum atomic E-state index is 12.1. The zero-order valence-corrected chi connectivity index (χ0v) is 13.7. The van der Waals surface area contributed by atoms with Crippen molar-refractivity contribution in [1.82, 2.24) is 15.3 Å². The van der Waals surface area contributed by atoms with Gasteiger partial charge in [0, 0.05) is 17.4 Å². The van der Waals surface area contributed by atoms with E-state index in [0.717, 1.165) is 22.5 Å². The number of carbonyl (C=O) groups is 1. The summed E-state index contributed by atoms with van der Waals surface area (Å²) in [5.74, 6) is 0.247. The highest BCUT2D eigenvalue weighted by atomic mass is 16.1. The topological polar surface area (TPSA) is 66.9 Å². The molecule has 0 radical (unpaired) electrons. The Morgan fingerprint density at radius 3 is 2.32 bits per heavy atom. The van der Waals surface area contributed by atoms with Crippen LogP contribution in [0.25, 0.3) is 0 Å². The van der Waals surface area contributed by atoms with Crippen LogP contribution in [-0.2, 0) is 0 Å². The first-order valence-corrected chi connectivity index (χ1v) is 7.36. The number of anilines is 2. The van der Waals surface area contributed by atoms with Crippen LogP contribution in [0.4, 0.5) is 11.6 Å². The van der Waals surface area contributed by atoms with E-state index in [2.05, 4.69) is 20.6 Å². The van der Waals surface area contributed by atoms with Gasteiger partial charge in [-0.2, -0.15) is 0 Å². The van der Waals surface area contributed by atoms with Gasteiger partial charge in [-0.1, -0.05) is 18.2 Å². The fraction of sp³-hybridized carbons (Fsp3) is 0.353. The van der Waals surface area contributed by atoms with Crippen LogP contribution in [0.1, 0.15) is 41.2 Å². The van der Waals surface area contributed by atoms with E-state index >= 15 is 0 Å². The Hall–Kier alpha value is -2.43. The summed E-state index contributed by atoms with van der Waals surface area (Å²) in [5.41, 5.74) is 4.31. The monoisotopic (exact) mass is 298 g/mol. The molecular weight excluding hydrogens is 276 g/mol. The van der Waals surface area contributed by atoms with Crippen molar-refractivity contribution in [2.45, 2.75) is 40.7 Å². The van der Waals surface area contributed by atoms with Gasteiger partial charge in [0.2, 0.25) is 5.95 Å². The van der Waals surface area contributed by atoms with Crippen LogP contribution in [0.15, 0.2) is 24.3 Å². The van der Waals surface area contributed by atoms with E-state index in [0.29, 0.717) is 11.6 Å². The number of aryl methyl sites for hydroxylation is 3. The third kappa shape index (κ3) is 3.81. The van der Waals surface area contributed by atoms with E-state index in [1.165, 1.54) is 0 Å². The van der Waals surface area contributed by atoms with Crippen molar-refractivity contribution >= 4 is 17.5 Å². The van der Waals surface area contributed by atoms with Gasteiger partial charge in [0.15, 0.2) is 0 Å². The van der Waals surface area contributed by atoms with Gasteiger partial charge in [0.05, 0.1) is 0 Å². The van der Waals surface area contributed by atoms with Crippen molar-refractivity contribution in [3.8, 4) is 0 Å². The zero-order chi connectivity index (χ0) is 16.3. The summed E-state index contributed by atoms with van der Waals surface area (Å²) < 4.78 is 0. The van der Waals surface area contributed by atoms with Crippen molar-refractivity contribution in [2.24, 2.45) is 0 Å². The van der Waals surface area contributed by atoms with Crippen molar-refractivity contribution in [1.29, 1.82) is 0 Å². The Morgan fingerprint density at radius 1 is 1.09 bits per heavy atom. The fourth-order valence-corrected chi connectivity index (χ4v) is 2.20. The molecule has 1 heterocycles. The van der Waals surface area contributed by atoms with E-state index in [-0.39, 0.29) is 11.9 Å². The maximum Gasteiger partial charge on any atom is 0.270 e. The van der Waals surface area contributed by atoms with Gasteiger partial charge in [-0.15, -0.1) is 0 Å². The number of rotatable bonds is 4. The first-order chi connectivity index (χ1) is 10.4. The molecule has 5 heteroatoms. The summed E-state index contributed by atoms with van der Waals surface area (Å²) in [6.45, 7) is 9.74. The lowest BCUT2D eigenvalue weighted by Crippen LogP contribution is -2.31. The molecule has 0 atom stereocenters. The molecule has 0 aliphatic heterocycles. The van der Waals surface area contributed by atoms with Crippen LogP contribution >= 0.6 is 0 Å². The van der Waals surface area contributed by atoms with Crippen molar-refractivity contribution in [3.05, 3.63) is 46.8 Å². The second-order valence-corrected chi connectivity index (χ2v) is 5.74. The number of nitrogens with one attached hydrogen (secondary N) is 2. The molecule has 0 unspecified atom stereocenters. The lowest BCUT2D eigenvalue weighted by molar-refractivity contribution is 0.0938. The highest BCUT2D eigenvalue weighted by molar-refractivity contribution is 5.92. The lowest BCUT2D eigenvalue weighted by atomic mass is 10.1. The minimum Gasteiger partial charge on any atom is -0.349 e. The molecule has 0 spiro atoms. The third-order valence-electron chi connectivity index (χ3n) is 3.22. The number of para-hydroxylation sites is 1. The normalized spacial score (nSPS) is 10.6. The van der Waals surface area contributed by atoms with Crippen LogP contribution in [0, 0.1) is 20.8 Å². The van der Waals surface area contributed by atoms with E-state index in [1.54, 1.807) is 6.07 Å². The predicted octanol–water partition coefficient (Wildman–Crippen LogP) is 3.28. The van der Waals surface area contributed by atoms with Gasteiger partial charge in [0.1, 0.15) is 5.69 Å². The van der Waals surface area contributed by atoms with E-state index in [4.69, 9.17) is 0 Å². The molecule has 116 valence electrons. The largest absolute Gasteiger partial charge is 0.349 e. The summed E-state index contributed by atoms with van der Waals surface area (Å²) in [4.78, 5) is 20.8. The van der Waals surface area contributed by atoms with Crippen LogP contribution in [0.2, 0.25) is 0 Å². The van der Waals surface area contributed by atoms with Gasteiger partial charge in [-0.05, 0) is 51.8 Å². The van der Waals surface area contributed by atoms with Crippen molar-refractivity contribution < 1.29 is 4.79 Å². The highest BCUT2D eigenvalue weighted by Gasteiger charge is 2.12. The Morgan fingerprint density at radius 2 is 1.73 bits per heavy atom. The van der Waals surface area contributed by atoms with E-state index in [9.17, 15) is 4.79 Å². The first kappa shape index (κ1) is 15.9. The summed E-state index contributed by atoms with van der Waals surface area (Å²) >= 11 is 0. The summed E-state index contributed by atoms with van der Waals surface area (Å²) in [6.07, 6.45) is 0. The number of aromatic nitrogens is 2. The molecule has 1 amide bonds. The second kappa shape index (κ2) is 6.56. The Bertz CT molecular complexity index is 675. The Kier molecular flexibility index (Phi) is 4.75. The number of carbonyl (C=O) groups excluding carboxylic acids is 1. The zero-order valence-electron chi connectivity index (χ0n) is 13.7. The molecule has 0 bridgehead atoms. The molecule has 0 saturated heterocycles. The Balaban J connectivity index is 2.32. The Labute approximate surface area is 131 Å². The molecule has 0 saturated carbocycles. The second-order valence-electron chi connectivity index (χ2n) is 5.74. The summed E-state index contributed by atoms with van der Waals surface area (Å²) in [7, 11) is 0. The van der Waals surface area contributed by atoms with Crippen molar-refractivity contribution in [2.75, 3.05) is 5.32 Å². The molecule has 22 heavy (non-hydrogen) atoms. The van der Waals surface area contributed by atoms with Crippen LogP contribution in [0.3, 0.4) is 0 Å². The molecule has 0 aliphatic rings. The van der Waals surface area contributed by atoms with Crippen LogP contribution in [0.5, 0.6) is 0 Å². The molecular formula is C17H22N4O. The quantitative estimate of drug-likeness (QED) is 0.909. The van der Waals surface area contributed by atoms with Gasteiger partial charge < -0.3 is 10.6 Å². The van der Waals surface area contributed by atoms with Gasteiger partial charge in [-0.3, -0.25) is 4.79 Å². The molecule has 2 aromatic rings. The molecule has 1 aromatic heterocycles. The first-order valence-electron chi connectivity index (χ1n) is 7.36. The van der Waals surface area contributed by atoms with Crippen LogP contribution in [-0.4, -0.2) is 21.9 Å². The smallest absolute Gasteiger partial charge is 0.270 e. The predicted molar refractivity (Wildman–Crippen MR) is 88.6 cm³/mol. The molecule has 2 N–H and O–H groups in total. The van der Waals surface area contributed by atoms with Gasteiger partial charge in [0.25, 0.3) is 5.91 Å².